The van der Waals surface area contributed by atoms with Gasteiger partial charge in [-0.05, 0) is 43.9 Å². The van der Waals surface area contributed by atoms with E-state index in [1.807, 2.05) is 0 Å². The third kappa shape index (κ3) is 3.78. The van der Waals surface area contributed by atoms with E-state index in [1.165, 1.54) is 38.8 Å². The van der Waals surface area contributed by atoms with E-state index < -0.39 is 0 Å². The van der Waals surface area contributed by atoms with Crippen molar-refractivity contribution >= 4 is 5.84 Å². The number of nitrogens with one attached hydrogen (secondary N) is 1. The summed E-state index contributed by atoms with van der Waals surface area (Å²) in [4.78, 5) is 2.62. The second-order valence-electron chi connectivity index (χ2n) is 5.63. The highest BCUT2D eigenvalue weighted by molar-refractivity contribution is 5.77. The Morgan fingerprint density at radius 3 is 2.06 bits per heavy atom. The normalized spacial score (nSPS) is 22.4. The molecule has 1 unspecified atom stereocenters. The first kappa shape index (κ1) is 11.9. The smallest absolute Gasteiger partial charge is 0.0921 e. The zero-order valence-electron chi connectivity index (χ0n) is 10.4. The number of amidine groups is 1. The second-order valence-corrected chi connectivity index (χ2v) is 5.63. The van der Waals surface area contributed by atoms with Crippen LogP contribution in [0.4, 0.5) is 0 Å². The van der Waals surface area contributed by atoms with Gasteiger partial charge in [-0.15, -0.1) is 0 Å². The maximum atomic E-state index is 7.47. The van der Waals surface area contributed by atoms with Crippen molar-refractivity contribution in [3.8, 4) is 0 Å². The molecule has 0 aromatic rings. The SMILES string of the molecule is CCC(CC(=N)N)N(CC1CC1)CC1CC1. The lowest BCUT2D eigenvalue weighted by Crippen LogP contribution is -2.40. The molecular weight excluding hydrogens is 198 g/mol. The molecule has 1 atom stereocenters. The Hall–Kier alpha value is -0.570. The van der Waals surface area contributed by atoms with Crippen LogP contribution < -0.4 is 5.73 Å². The van der Waals surface area contributed by atoms with Crippen molar-refractivity contribution in [1.82, 2.24) is 4.90 Å². The molecule has 0 aromatic heterocycles. The van der Waals surface area contributed by atoms with Crippen molar-refractivity contribution < 1.29 is 0 Å². The summed E-state index contributed by atoms with van der Waals surface area (Å²) in [7, 11) is 0. The molecule has 92 valence electrons. The topological polar surface area (TPSA) is 53.1 Å². The molecule has 0 saturated heterocycles. The van der Waals surface area contributed by atoms with Gasteiger partial charge in [-0.1, -0.05) is 6.92 Å². The Labute approximate surface area is 98.9 Å². The first-order valence-electron chi connectivity index (χ1n) is 6.76. The highest BCUT2D eigenvalue weighted by atomic mass is 15.2. The number of nitrogens with zero attached hydrogens (tertiary/aromatic N) is 1. The van der Waals surface area contributed by atoms with Crippen molar-refractivity contribution in [2.24, 2.45) is 17.6 Å². The Bertz CT molecular complexity index is 230. The van der Waals surface area contributed by atoms with Crippen molar-refractivity contribution in [3.05, 3.63) is 0 Å². The third-order valence-electron chi connectivity index (χ3n) is 3.82. The summed E-state index contributed by atoms with van der Waals surface area (Å²) in [6, 6.07) is 0.513. The van der Waals surface area contributed by atoms with Crippen LogP contribution in [-0.2, 0) is 0 Å². The van der Waals surface area contributed by atoms with Crippen LogP contribution in [0.3, 0.4) is 0 Å². The highest BCUT2D eigenvalue weighted by Crippen LogP contribution is 2.35. The maximum absolute atomic E-state index is 7.47. The fourth-order valence-electron chi connectivity index (χ4n) is 2.42. The standard InChI is InChI=1S/C13H25N3/c1-2-12(7-13(14)15)16(8-10-3-4-10)9-11-5-6-11/h10-12H,2-9H2,1H3,(H3,14,15). The zero-order chi connectivity index (χ0) is 11.5. The Morgan fingerprint density at radius 1 is 1.25 bits per heavy atom. The van der Waals surface area contributed by atoms with Gasteiger partial charge in [-0.25, -0.2) is 0 Å². The van der Waals surface area contributed by atoms with Crippen molar-refractivity contribution in [2.75, 3.05) is 13.1 Å². The lowest BCUT2D eigenvalue weighted by atomic mass is 10.1. The molecule has 0 radical (unpaired) electrons. The maximum Gasteiger partial charge on any atom is 0.0921 e. The van der Waals surface area contributed by atoms with Gasteiger partial charge < -0.3 is 5.73 Å². The number of hydrogen-bond acceptors (Lipinski definition) is 2. The van der Waals surface area contributed by atoms with E-state index in [2.05, 4.69) is 11.8 Å². The van der Waals surface area contributed by atoms with Gasteiger partial charge in [0.15, 0.2) is 0 Å². The van der Waals surface area contributed by atoms with E-state index in [1.54, 1.807) is 0 Å². The average Bonchev–Trinajstić information content (AvgIpc) is 3.06. The Balaban J connectivity index is 1.86. The molecule has 16 heavy (non-hydrogen) atoms. The van der Waals surface area contributed by atoms with E-state index in [0.29, 0.717) is 11.9 Å². The first-order valence-corrected chi connectivity index (χ1v) is 6.76. The molecule has 0 spiro atoms. The van der Waals surface area contributed by atoms with Crippen LogP contribution >= 0.6 is 0 Å². The Morgan fingerprint density at radius 2 is 1.75 bits per heavy atom. The van der Waals surface area contributed by atoms with Gasteiger partial charge in [-0.2, -0.15) is 0 Å². The van der Waals surface area contributed by atoms with E-state index in [0.717, 1.165) is 24.7 Å². The number of nitrogens with two attached hydrogens (primary N) is 1. The molecule has 3 N–H and O–H groups in total. The lowest BCUT2D eigenvalue weighted by Gasteiger charge is -2.31. The third-order valence-corrected chi connectivity index (χ3v) is 3.82. The summed E-state index contributed by atoms with van der Waals surface area (Å²) in [5.41, 5.74) is 5.56. The summed E-state index contributed by atoms with van der Waals surface area (Å²) in [5, 5.41) is 7.47. The molecule has 0 aliphatic heterocycles. The van der Waals surface area contributed by atoms with Crippen molar-refractivity contribution in [1.29, 1.82) is 5.41 Å². The summed E-state index contributed by atoms with van der Waals surface area (Å²) in [6.45, 7) is 4.73. The monoisotopic (exact) mass is 223 g/mol. The minimum Gasteiger partial charge on any atom is -0.388 e. The van der Waals surface area contributed by atoms with Crippen molar-refractivity contribution in [3.63, 3.8) is 0 Å². The molecule has 0 aromatic carbocycles. The summed E-state index contributed by atoms with van der Waals surface area (Å²) in [6.07, 6.45) is 7.54. The van der Waals surface area contributed by atoms with Gasteiger partial charge in [-0.3, -0.25) is 10.3 Å². The van der Waals surface area contributed by atoms with Gasteiger partial charge in [0.05, 0.1) is 5.84 Å². The molecule has 3 heteroatoms. The largest absolute Gasteiger partial charge is 0.388 e. The summed E-state index contributed by atoms with van der Waals surface area (Å²) in [5.74, 6) is 2.24. The zero-order valence-corrected chi connectivity index (χ0v) is 10.4. The quantitative estimate of drug-likeness (QED) is 0.489. The van der Waals surface area contributed by atoms with Crippen LogP contribution in [0.15, 0.2) is 0 Å². The Kier molecular flexibility index (Phi) is 3.85. The minimum atomic E-state index is 0.350. The fourth-order valence-corrected chi connectivity index (χ4v) is 2.42. The van der Waals surface area contributed by atoms with Crippen LogP contribution in [0.2, 0.25) is 0 Å². The van der Waals surface area contributed by atoms with Gasteiger partial charge in [0.2, 0.25) is 0 Å². The van der Waals surface area contributed by atoms with Crippen LogP contribution in [0.5, 0.6) is 0 Å². The minimum absolute atomic E-state index is 0.350. The van der Waals surface area contributed by atoms with E-state index in [9.17, 15) is 0 Å². The average molecular weight is 223 g/mol. The first-order chi connectivity index (χ1) is 7.69. The van der Waals surface area contributed by atoms with Crippen LogP contribution in [0.25, 0.3) is 0 Å². The summed E-state index contributed by atoms with van der Waals surface area (Å²) >= 11 is 0. The molecular formula is C13H25N3. The molecule has 0 heterocycles. The molecule has 2 rings (SSSR count). The lowest BCUT2D eigenvalue weighted by molar-refractivity contribution is 0.178. The van der Waals surface area contributed by atoms with Gasteiger partial charge in [0.25, 0.3) is 0 Å². The van der Waals surface area contributed by atoms with Gasteiger partial charge >= 0.3 is 0 Å². The number of rotatable bonds is 8. The molecule has 2 aliphatic rings. The van der Waals surface area contributed by atoms with Gasteiger partial charge in [0.1, 0.15) is 0 Å². The molecule has 2 aliphatic carbocycles. The highest BCUT2D eigenvalue weighted by Gasteiger charge is 2.32. The van der Waals surface area contributed by atoms with Crippen LogP contribution in [0.1, 0.15) is 45.4 Å². The second kappa shape index (κ2) is 5.17. The van der Waals surface area contributed by atoms with E-state index >= 15 is 0 Å². The van der Waals surface area contributed by atoms with Crippen molar-refractivity contribution in [2.45, 2.75) is 51.5 Å². The molecule has 2 fully saturated rings. The predicted octanol–water partition coefficient (Wildman–Crippen LogP) is 2.21. The van der Waals surface area contributed by atoms with Crippen LogP contribution in [-0.4, -0.2) is 29.9 Å². The van der Waals surface area contributed by atoms with E-state index in [-0.39, 0.29) is 0 Å². The molecule has 0 bridgehead atoms. The van der Waals surface area contributed by atoms with Crippen LogP contribution in [0, 0.1) is 17.2 Å². The van der Waals surface area contributed by atoms with E-state index in [4.69, 9.17) is 11.1 Å². The summed E-state index contributed by atoms with van der Waals surface area (Å²) < 4.78 is 0. The molecule has 2 saturated carbocycles. The molecule has 3 nitrogen and oxygen atoms in total. The van der Waals surface area contributed by atoms with Gasteiger partial charge in [0, 0.05) is 25.6 Å². The number of hydrogen-bond donors (Lipinski definition) is 2. The molecule has 0 amide bonds. The fraction of sp³-hybridized carbons (Fsp3) is 0.923. The predicted molar refractivity (Wildman–Crippen MR) is 67.6 cm³/mol.